The molecule has 0 radical (unpaired) electrons. The van der Waals surface area contributed by atoms with Gasteiger partial charge in [-0.25, -0.2) is 0 Å². The molecular weight excluding hydrogens is 434 g/mol. The topological polar surface area (TPSA) is 100 Å². The Morgan fingerprint density at radius 1 is 1.35 bits per heavy atom. The van der Waals surface area contributed by atoms with Crippen molar-refractivity contribution in [2.24, 2.45) is 5.92 Å². The summed E-state index contributed by atoms with van der Waals surface area (Å²) in [6, 6.07) is 5.35. The van der Waals surface area contributed by atoms with Crippen molar-refractivity contribution in [2.75, 3.05) is 11.9 Å². The van der Waals surface area contributed by atoms with Gasteiger partial charge in [-0.3, -0.25) is 14.3 Å². The summed E-state index contributed by atoms with van der Waals surface area (Å²) in [7, 11) is 0. The Bertz CT molecular complexity index is 1370. The molecule has 3 aromatic heterocycles. The van der Waals surface area contributed by atoms with Crippen LogP contribution in [0.25, 0.3) is 11.0 Å². The van der Waals surface area contributed by atoms with Crippen molar-refractivity contribution in [1.29, 1.82) is 0 Å². The van der Waals surface area contributed by atoms with Crippen LogP contribution in [0.15, 0.2) is 35.4 Å². The van der Waals surface area contributed by atoms with Gasteiger partial charge in [0.05, 0.1) is 23.9 Å². The number of carbonyl (C=O) groups excluding carboxylic acids is 1. The number of pyridine rings is 2. The van der Waals surface area contributed by atoms with Crippen LogP contribution in [0.4, 0.5) is 5.69 Å². The first kappa shape index (κ1) is 21.3. The maximum atomic E-state index is 13.3. The van der Waals surface area contributed by atoms with Gasteiger partial charge >= 0.3 is 0 Å². The third-order valence-corrected chi connectivity index (χ3v) is 7.28. The molecule has 5 heterocycles. The molecule has 34 heavy (non-hydrogen) atoms. The van der Waals surface area contributed by atoms with Crippen LogP contribution < -0.4 is 15.6 Å². The summed E-state index contributed by atoms with van der Waals surface area (Å²) < 4.78 is 15.4. The Morgan fingerprint density at radius 2 is 2.12 bits per heavy atom. The number of anilines is 1. The third-order valence-electron chi connectivity index (χ3n) is 7.28. The highest BCUT2D eigenvalue weighted by Crippen LogP contribution is 2.55. The van der Waals surface area contributed by atoms with Gasteiger partial charge in [0.1, 0.15) is 11.3 Å². The lowest BCUT2D eigenvalue weighted by Gasteiger charge is -2.42. The van der Waals surface area contributed by atoms with E-state index in [-0.39, 0.29) is 46.0 Å². The molecule has 3 aromatic rings. The third kappa shape index (κ3) is 3.33. The summed E-state index contributed by atoms with van der Waals surface area (Å²) in [5.74, 6) is 0.238. The molecule has 2 aliphatic carbocycles. The van der Waals surface area contributed by atoms with E-state index in [2.05, 4.69) is 24.1 Å². The molecule has 0 unspecified atom stereocenters. The van der Waals surface area contributed by atoms with Crippen molar-refractivity contribution in [3.8, 4) is 5.88 Å². The number of fused-ring (bicyclic) bond motifs is 2. The predicted octanol–water partition coefficient (Wildman–Crippen LogP) is 3.49. The molecule has 9 heteroatoms. The van der Waals surface area contributed by atoms with Gasteiger partial charge in [0, 0.05) is 36.7 Å². The molecule has 1 amide bonds. The van der Waals surface area contributed by atoms with Crippen LogP contribution in [0.1, 0.15) is 63.4 Å². The summed E-state index contributed by atoms with van der Waals surface area (Å²) in [6.07, 6.45) is 6.32. The molecular formula is C25H29N5O4. The van der Waals surface area contributed by atoms with Gasteiger partial charge in [-0.1, -0.05) is 6.92 Å². The predicted molar refractivity (Wildman–Crippen MR) is 126 cm³/mol. The number of nitrogens with zero attached hydrogens (tertiary/aromatic N) is 4. The zero-order chi connectivity index (χ0) is 23.8. The lowest BCUT2D eigenvalue weighted by molar-refractivity contribution is 0.00381. The molecule has 4 fully saturated rings. The van der Waals surface area contributed by atoms with E-state index in [1.54, 1.807) is 29.0 Å². The number of nitrogens with one attached hydrogen (secondary N) is 1. The highest BCUT2D eigenvalue weighted by molar-refractivity contribution is 6.07. The van der Waals surface area contributed by atoms with Gasteiger partial charge in [0.15, 0.2) is 5.65 Å². The number of ether oxygens (including phenoxy) is 2. The van der Waals surface area contributed by atoms with Gasteiger partial charge < -0.3 is 19.4 Å². The van der Waals surface area contributed by atoms with E-state index in [0.717, 1.165) is 24.6 Å². The van der Waals surface area contributed by atoms with E-state index in [1.165, 1.54) is 0 Å². The second-order valence-corrected chi connectivity index (χ2v) is 10.7. The quantitative estimate of drug-likeness (QED) is 0.601. The lowest BCUT2D eigenvalue weighted by Crippen LogP contribution is -2.49. The van der Waals surface area contributed by atoms with Crippen LogP contribution in [0, 0.1) is 5.92 Å². The molecule has 9 nitrogen and oxygen atoms in total. The van der Waals surface area contributed by atoms with Crippen LogP contribution in [0.2, 0.25) is 0 Å². The number of aromatic nitrogens is 4. The highest BCUT2D eigenvalue weighted by Gasteiger charge is 2.61. The Hall–Kier alpha value is -3.20. The van der Waals surface area contributed by atoms with Crippen molar-refractivity contribution in [3.63, 3.8) is 0 Å². The Labute approximate surface area is 197 Å². The van der Waals surface area contributed by atoms with Crippen molar-refractivity contribution < 1.29 is 14.3 Å². The van der Waals surface area contributed by atoms with Crippen molar-refractivity contribution in [1.82, 2.24) is 19.3 Å². The van der Waals surface area contributed by atoms with E-state index < -0.39 is 5.91 Å². The molecule has 2 saturated carbocycles. The summed E-state index contributed by atoms with van der Waals surface area (Å²) in [6.45, 7) is 8.62. The van der Waals surface area contributed by atoms with Gasteiger partial charge in [-0.2, -0.15) is 10.1 Å². The Morgan fingerprint density at radius 3 is 2.76 bits per heavy atom. The standard InChI is InChI=1S/C25H29N5O4/c1-14(2)34-22-17(21(31)26-18-6-5-7-29(23(18)32)19-8-15(19)3)9-16-10-30(28-20(16)27-22)25-11-24(4,12-25)33-13-25/h5-7,9-10,14-15,19H,8,11-13H2,1-4H3,(H,26,31)/t15-,19-,24?,25?/m1/s1. The van der Waals surface area contributed by atoms with Gasteiger partial charge in [0.2, 0.25) is 5.88 Å². The van der Waals surface area contributed by atoms with Crippen LogP contribution in [0.3, 0.4) is 0 Å². The first-order valence-corrected chi connectivity index (χ1v) is 11.9. The molecule has 2 aliphatic heterocycles. The van der Waals surface area contributed by atoms with E-state index >= 15 is 0 Å². The fourth-order valence-electron chi connectivity index (χ4n) is 5.49. The zero-order valence-electron chi connectivity index (χ0n) is 19.9. The van der Waals surface area contributed by atoms with Crippen LogP contribution >= 0.6 is 0 Å². The first-order valence-electron chi connectivity index (χ1n) is 11.9. The van der Waals surface area contributed by atoms with Gasteiger partial charge in [0.25, 0.3) is 11.5 Å². The lowest BCUT2D eigenvalue weighted by atomic mass is 9.69. The molecule has 2 bridgehead atoms. The number of hydrogen-bond donors (Lipinski definition) is 1. The fraction of sp³-hybridized carbons (Fsp3) is 0.520. The minimum Gasteiger partial charge on any atom is -0.474 e. The minimum atomic E-state index is -0.435. The van der Waals surface area contributed by atoms with Crippen LogP contribution in [-0.4, -0.2) is 43.6 Å². The van der Waals surface area contributed by atoms with E-state index in [0.29, 0.717) is 18.2 Å². The van der Waals surface area contributed by atoms with Crippen LogP contribution in [0.5, 0.6) is 5.88 Å². The summed E-state index contributed by atoms with van der Waals surface area (Å²) in [4.78, 5) is 30.8. The molecule has 2 atom stereocenters. The van der Waals surface area contributed by atoms with Crippen molar-refractivity contribution >= 4 is 22.6 Å². The molecule has 2 saturated heterocycles. The average molecular weight is 464 g/mol. The first-order chi connectivity index (χ1) is 16.2. The largest absolute Gasteiger partial charge is 0.474 e. The van der Waals surface area contributed by atoms with Gasteiger partial charge in [-0.15, -0.1) is 0 Å². The maximum Gasteiger partial charge on any atom is 0.274 e. The summed E-state index contributed by atoms with van der Waals surface area (Å²) in [5.41, 5.74) is 0.622. The number of rotatable bonds is 6. The second kappa shape index (κ2) is 7.15. The average Bonchev–Trinajstić information content (AvgIpc) is 3.08. The minimum absolute atomic E-state index is 0.0661. The smallest absolute Gasteiger partial charge is 0.274 e. The Balaban J connectivity index is 1.35. The van der Waals surface area contributed by atoms with E-state index in [4.69, 9.17) is 14.6 Å². The van der Waals surface area contributed by atoms with Crippen molar-refractivity contribution in [3.05, 3.63) is 46.5 Å². The van der Waals surface area contributed by atoms with E-state index in [9.17, 15) is 9.59 Å². The fourth-order valence-corrected chi connectivity index (χ4v) is 5.49. The SMILES string of the molecule is CC(C)Oc1nc2nn(C34COC(C)(C3)C4)cc2cc1C(=O)Nc1cccn([C@@H]2C[C@H]2C)c1=O. The normalized spacial score (nSPS) is 29.3. The maximum absolute atomic E-state index is 13.3. The molecule has 0 spiro atoms. The number of amides is 1. The highest BCUT2D eigenvalue weighted by atomic mass is 16.5. The second-order valence-electron chi connectivity index (χ2n) is 10.7. The molecule has 7 rings (SSSR count). The molecule has 4 aliphatic rings. The Kier molecular flexibility index (Phi) is 4.49. The summed E-state index contributed by atoms with van der Waals surface area (Å²) in [5, 5.41) is 8.24. The van der Waals surface area contributed by atoms with Crippen LogP contribution in [-0.2, 0) is 10.3 Å². The summed E-state index contributed by atoms with van der Waals surface area (Å²) >= 11 is 0. The molecule has 178 valence electrons. The number of carbonyl (C=O) groups is 1. The number of hydrogen-bond acceptors (Lipinski definition) is 6. The molecule has 0 aromatic carbocycles. The monoisotopic (exact) mass is 463 g/mol. The van der Waals surface area contributed by atoms with E-state index in [1.807, 2.05) is 24.7 Å². The van der Waals surface area contributed by atoms with Gasteiger partial charge in [-0.05, 0) is 51.3 Å². The molecule has 1 N–H and O–H groups in total. The zero-order valence-corrected chi connectivity index (χ0v) is 19.9. The van der Waals surface area contributed by atoms with Crippen molar-refractivity contribution in [2.45, 2.75) is 70.2 Å².